The summed E-state index contributed by atoms with van der Waals surface area (Å²) in [7, 11) is 0. The molecule has 0 radical (unpaired) electrons. The van der Waals surface area contributed by atoms with Crippen LogP contribution in [0.2, 0.25) is 0 Å². The highest BCUT2D eigenvalue weighted by Crippen LogP contribution is 2.69. The van der Waals surface area contributed by atoms with E-state index in [1.54, 1.807) is 0 Å². The van der Waals surface area contributed by atoms with Gasteiger partial charge in [-0.05, 0) is 42.0 Å². The predicted octanol–water partition coefficient (Wildman–Crippen LogP) is 5.38. The standard InChI is InChI=1S/C29H29NO2/c1-20-8-7-11-22(16-20)28-15-14-25(23-12-5-6-13-24(23)28)29(27(31)32)19-30(18-26(28)29)17-21-9-3-2-4-10-21/h2-13,16,25-26H,14-15,17-19H2,1H3,(H,31,32). The molecule has 2 bridgehead atoms. The van der Waals surface area contributed by atoms with Crippen molar-refractivity contribution in [1.29, 1.82) is 0 Å². The number of benzene rings is 3. The van der Waals surface area contributed by atoms with Crippen LogP contribution in [-0.2, 0) is 16.8 Å². The molecule has 4 atom stereocenters. The number of carboxylic acid groups (broad SMARTS) is 1. The highest BCUT2D eigenvalue weighted by Gasteiger charge is 2.70. The van der Waals surface area contributed by atoms with Crippen LogP contribution in [0.5, 0.6) is 0 Å². The van der Waals surface area contributed by atoms with Gasteiger partial charge in [-0.1, -0.05) is 84.4 Å². The summed E-state index contributed by atoms with van der Waals surface area (Å²) in [5.74, 6) is -0.477. The van der Waals surface area contributed by atoms with Crippen molar-refractivity contribution < 1.29 is 9.90 Å². The van der Waals surface area contributed by atoms with E-state index in [0.29, 0.717) is 6.54 Å². The maximum Gasteiger partial charge on any atom is 0.311 e. The van der Waals surface area contributed by atoms with Gasteiger partial charge < -0.3 is 5.11 Å². The minimum Gasteiger partial charge on any atom is -0.481 e. The largest absolute Gasteiger partial charge is 0.481 e. The van der Waals surface area contributed by atoms with Gasteiger partial charge in [-0.25, -0.2) is 0 Å². The number of rotatable bonds is 4. The number of nitrogens with zero attached hydrogens (tertiary/aromatic N) is 1. The van der Waals surface area contributed by atoms with E-state index in [2.05, 4.69) is 84.6 Å². The van der Waals surface area contributed by atoms with E-state index in [1.165, 1.54) is 27.8 Å². The lowest BCUT2D eigenvalue weighted by Crippen LogP contribution is -2.60. The summed E-state index contributed by atoms with van der Waals surface area (Å²) in [6, 6.07) is 28.0. The molecule has 3 aromatic rings. The van der Waals surface area contributed by atoms with Gasteiger partial charge in [0.1, 0.15) is 0 Å². The molecule has 4 unspecified atom stereocenters. The SMILES string of the molecule is Cc1cccc(C23CCC(c4ccccc42)C2(C(=O)O)CN(Cc4ccccc4)CC32)c1. The average molecular weight is 424 g/mol. The van der Waals surface area contributed by atoms with Crippen molar-refractivity contribution in [2.45, 2.75) is 37.6 Å². The minimum absolute atomic E-state index is 0.0617. The molecule has 1 aliphatic heterocycles. The number of fused-ring (bicyclic) bond motifs is 1. The van der Waals surface area contributed by atoms with Crippen LogP contribution in [0.3, 0.4) is 0 Å². The van der Waals surface area contributed by atoms with Gasteiger partial charge in [0.15, 0.2) is 0 Å². The highest BCUT2D eigenvalue weighted by molar-refractivity contribution is 5.80. The third kappa shape index (κ3) is 2.55. The fourth-order valence-corrected chi connectivity index (χ4v) is 7.43. The first kappa shape index (κ1) is 19.8. The quantitative estimate of drug-likeness (QED) is 0.613. The van der Waals surface area contributed by atoms with Crippen LogP contribution in [0.25, 0.3) is 0 Å². The predicted molar refractivity (Wildman–Crippen MR) is 126 cm³/mol. The molecule has 1 heterocycles. The summed E-state index contributed by atoms with van der Waals surface area (Å²) in [6.07, 6.45) is 1.96. The van der Waals surface area contributed by atoms with Gasteiger partial charge in [-0.3, -0.25) is 9.69 Å². The number of hydrogen-bond acceptors (Lipinski definition) is 2. The Morgan fingerprint density at radius 1 is 1.03 bits per heavy atom. The smallest absolute Gasteiger partial charge is 0.311 e. The number of aryl methyl sites for hydroxylation is 1. The summed E-state index contributed by atoms with van der Waals surface area (Å²) in [5, 5.41) is 10.8. The summed E-state index contributed by atoms with van der Waals surface area (Å²) < 4.78 is 0. The Morgan fingerprint density at radius 2 is 1.81 bits per heavy atom. The van der Waals surface area contributed by atoms with Crippen molar-refractivity contribution in [3.05, 3.63) is 107 Å². The van der Waals surface area contributed by atoms with E-state index in [4.69, 9.17) is 0 Å². The normalized spacial score (nSPS) is 30.7. The number of hydrogen-bond donors (Lipinski definition) is 1. The molecule has 3 nitrogen and oxygen atoms in total. The highest BCUT2D eigenvalue weighted by atomic mass is 16.4. The van der Waals surface area contributed by atoms with Gasteiger partial charge in [0.05, 0.1) is 5.41 Å². The third-order valence-electron chi connectivity index (χ3n) is 8.59. The number of carbonyl (C=O) groups is 1. The molecule has 3 aromatic carbocycles. The molecule has 1 N–H and O–H groups in total. The van der Waals surface area contributed by atoms with E-state index < -0.39 is 11.4 Å². The van der Waals surface area contributed by atoms with Crippen LogP contribution < -0.4 is 0 Å². The number of carboxylic acids is 1. The molecule has 2 fully saturated rings. The molecular formula is C29H29NO2. The van der Waals surface area contributed by atoms with E-state index in [-0.39, 0.29) is 17.3 Å². The Balaban J connectivity index is 1.55. The van der Waals surface area contributed by atoms with Gasteiger partial charge in [-0.15, -0.1) is 0 Å². The zero-order valence-corrected chi connectivity index (χ0v) is 18.5. The third-order valence-corrected chi connectivity index (χ3v) is 8.59. The zero-order chi connectivity index (χ0) is 21.9. The van der Waals surface area contributed by atoms with Crippen molar-refractivity contribution in [3.8, 4) is 0 Å². The van der Waals surface area contributed by atoms with Crippen LogP contribution in [0.4, 0.5) is 0 Å². The zero-order valence-electron chi connectivity index (χ0n) is 18.5. The van der Waals surface area contributed by atoms with Gasteiger partial charge in [0.2, 0.25) is 0 Å². The Morgan fingerprint density at radius 3 is 2.59 bits per heavy atom. The van der Waals surface area contributed by atoms with Crippen molar-refractivity contribution in [3.63, 3.8) is 0 Å². The lowest BCUT2D eigenvalue weighted by atomic mass is 9.42. The monoisotopic (exact) mass is 423 g/mol. The molecule has 3 heteroatoms. The fourth-order valence-electron chi connectivity index (χ4n) is 7.43. The van der Waals surface area contributed by atoms with Crippen LogP contribution in [0.15, 0.2) is 78.9 Å². The van der Waals surface area contributed by atoms with E-state index in [0.717, 1.165) is 25.9 Å². The summed E-state index contributed by atoms with van der Waals surface area (Å²) in [6.45, 7) is 4.38. The molecule has 4 aliphatic rings. The van der Waals surface area contributed by atoms with Gasteiger partial charge in [0.25, 0.3) is 0 Å². The van der Waals surface area contributed by atoms with Gasteiger partial charge >= 0.3 is 5.97 Å². The summed E-state index contributed by atoms with van der Waals surface area (Å²) in [4.78, 5) is 15.6. The number of aliphatic carboxylic acids is 1. The van der Waals surface area contributed by atoms with Crippen molar-refractivity contribution in [1.82, 2.24) is 4.90 Å². The molecule has 162 valence electrons. The second kappa shape index (κ2) is 7.05. The fraction of sp³-hybridized carbons (Fsp3) is 0.345. The van der Waals surface area contributed by atoms with Crippen LogP contribution >= 0.6 is 0 Å². The molecule has 3 aliphatic carbocycles. The molecule has 0 aromatic heterocycles. The molecule has 0 amide bonds. The Kier molecular flexibility index (Phi) is 4.35. The average Bonchev–Trinajstić information content (AvgIpc) is 3.22. The van der Waals surface area contributed by atoms with Crippen LogP contribution in [0.1, 0.15) is 46.6 Å². The molecule has 0 spiro atoms. The minimum atomic E-state index is -0.745. The second-order valence-electron chi connectivity index (χ2n) is 10.1. The first-order chi connectivity index (χ1) is 15.6. The van der Waals surface area contributed by atoms with Crippen LogP contribution in [0, 0.1) is 18.3 Å². The van der Waals surface area contributed by atoms with Gasteiger partial charge in [0, 0.05) is 36.9 Å². The first-order valence-corrected chi connectivity index (χ1v) is 11.7. The lowest BCUT2D eigenvalue weighted by Gasteiger charge is -2.59. The first-order valence-electron chi connectivity index (χ1n) is 11.7. The Hall–Kier alpha value is -2.91. The molecule has 1 saturated heterocycles. The van der Waals surface area contributed by atoms with E-state index in [1.807, 2.05) is 6.07 Å². The van der Waals surface area contributed by atoms with E-state index >= 15 is 0 Å². The van der Waals surface area contributed by atoms with Crippen molar-refractivity contribution in [2.24, 2.45) is 11.3 Å². The van der Waals surface area contributed by atoms with E-state index in [9.17, 15) is 9.90 Å². The van der Waals surface area contributed by atoms with Crippen molar-refractivity contribution >= 4 is 5.97 Å². The molecule has 1 saturated carbocycles. The molecular weight excluding hydrogens is 394 g/mol. The topological polar surface area (TPSA) is 40.5 Å². The van der Waals surface area contributed by atoms with Crippen LogP contribution in [-0.4, -0.2) is 29.1 Å². The summed E-state index contributed by atoms with van der Waals surface area (Å²) in [5.41, 5.74) is 5.42. The summed E-state index contributed by atoms with van der Waals surface area (Å²) >= 11 is 0. The maximum atomic E-state index is 13.2. The molecule has 7 rings (SSSR count). The molecule has 32 heavy (non-hydrogen) atoms. The second-order valence-corrected chi connectivity index (χ2v) is 10.1. The lowest BCUT2D eigenvalue weighted by molar-refractivity contribution is -0.157. The van der Waals surface area contributed by atoms with Gasteiger partial charge in [-0.2, -0.15) is 0 Å². The Labute approximate surface area is 189 Å². The number of likely N-dealkylation sites (tertiary alicyclic amines) is 1. The van der Waals surface area contributed by atoms with Crippen molar-refractivity contribution in [2.75, 3.05) is 13.1 Å². The Bertz CT molecular complexity index is 1190. The maximum absolute atomic E-state index is 13.2.